The van der Waals surface area contributed by atoms with Gasteiger partial charge in [-0.25, -0.2) is 13.1 Å². The number of hydrogen-bond donors (Lipinski definition) is 3. The smallest absolute Gasteiger partial charge is 0.242 e. The molecule has 0 saturated carbocycles. The third kappa shape index (κ3) is 3.99. The summed E-state index contributed by atoms with van der Waals surface area (Å²) in [5.74, 6) is 5.29. The zero-order valence-electron chi connectivity index (χ0n) is 10.3. The number of nitrogens with one attached hydrogen (secondary N) is 2. The summed E-state index contributed by atoms with van der Waals surface area (Å²) in [4.78, 5) is 0.159. The number of para-hydroxylation sites is 1. The summed E-state index contributed by atoms with van der Waals surface area (Å²) in [6.45, 7) is 6.25. The first-order valence-corrected chi connectivity index (χ1v) is 6.80. The van der Waals surface area contributed by atoms with E-state index in [1.54, 1.807) is 18.2 Å². The van der Waals surface area contributed by atoms with Crippen LogP contribution in [0.25, 0.3) is 0 Å². The van der Waals surface area contributed by atoms with Crippen LogP contribution < -0.4 is 16.0 Å². The van der Waals surface area contributed by atoms with Crippen molar-refractivity contribution in [3.63, 3.8) is 0 Å². The third-order valence-electron chi connectivity index (χ3n) is 2.12. The predicted octanol–water partition coefficient (Wildman–Crippen LogP) is 1.30. The molecular weight excluding hydrogens is 238 g/mol. The minimum absolute atomic E-state index is 0.113. The van der Waals surface area contributed by atoms with E-state index in [4.69, 9.17) is 5.84 Å². The third-order valence-corrected chi connectivity index (χ3v) is 3.58. The second-order valence-electron chi connectivity index (χ2n) is 5.03. The van der Waals surface area contributed by atoms with E-state index in [0.29, 0.717) is 12.2 Å². The second kappa shape index (κ2) is 5.03. The fraction of sp³-hybridized carbons (Fsp3) is 0.455. The molecule has 0 heterocycles. The first kappa shape index (κ1) is 14.0. The Bertz CT molecular complexity index is 478. The molecule has 0 fully saturated rings. The van der Waals surface area contributed by atoms with Gasteiger partial charge in [0, 0.05) is 6.54 Å². The van der Waals surface area contributed by atoms with Crippen LogP contribution in [0.15, 0.2) is 29.2 Å². The Morgan fingerprint density at radius 3 is 2.35 bits per heavy atom. The number of sulfonamides is 1. The van der Waals surface area contributed by atoms with E-state index in [1.807, 2.05) is 20.8 Å². The molecule has 1 aromatic carbocycles. The van der Waals surface area contributed by atoms with Crippen molar-refractivity contribution in [3.05, 3.63) is 24.3 Å². The molecule has 0 bridgehead atoms. The van der Waals surface area contributed by atoms with Crippen LogP contribution in [-0.2, 0) is 10.0 Å². The van der Waals surface area contributed by atoms with Gasteiger partial charge in [-0.2, -0.15) is 0 Å². The van der Waals surface area contributed by atoms with E-state index >= 15 is 0 Å². The van der Waals surface area contributed by atoms with E-state index < -0.39 is 10.0 Å². The van der Waals surface area contributed by atoms with E-state index in [9.17, 15) is 8.42 Å². The zero-order chi connectivity index (χ0) is 13.1. The van der Waals surface area contributed by atoms with Gasteiger partial charge in [-0.3, -0.25) is 5.84 Å². The molecule has 0 aliphatic carbocycles. The molecule has 0 aliphatic rings. The van der Waals surface area contributed by atoms with Crippen LogP contribution in [0.5, 0.6) is 0 Å². The van der Waals surface area contributed by atoms with Crippen LogP contribution in [0.4, 0.5) is 5.69 Å². The average molecular weight is 257 g/mol. The second-order valence-corrected chi connectivity index (χ2v) is 6.76. The largest absolute Gasteiger partial charge is 0.323 e. The van der Waals surface area contributed by atoms with Gasteiger partial charge in [0.15, 0.2) is 0 Å². The number of nitrogens with two attached hydrogens (primary N) is 1. The summed E-state index contributed by atoms with van der Waals surface area (Å²) in [6.07, 6.45) is 0. The normalized spacial score (nSPS) is 12.5. The molecule has 0 spiro atoms. The monoisotopic (exact) mass is 257 g/mol. The van der Waals surface area contributed by atoms with Gasteiger partial charge >= 0.3 is 0 Å². The molecule has 0 amide bonds. The minimum Gasteiger partial charge on any atom is -0.323 e. The van der Waals surface area contributed by atoms with Crippen LogP contribution in [0.2, 0.25) is 0 Å². The lowest BCUT2D eigenvalue weighted by atomic mass is 9.98. The van der Waals surface area contributed by atoms with Gasteiger partial charge in [0.25, 0.3) is 0 Å². The fourth-order valence-corrected chi connectivity index (χ4v) is 2.66. The van der Waals surface area contributed by atoms with Gasteiger partial charge in [-0.1, -0.05) is 32.9 Å². The lowest BCUT2D eigenvalue weighted by Crippen LogP contribution is -2.32. The van der Waals surface area contributed by atoms with Crippen molar-refractivity contribution in [2.45, 2.75) is 25.7 Å². The van der Waals surface area contributed by atoms with Crippen molar-refractivity contribution in [2.75, 3.05) is 12.0 Å². The van der Waals surface area contributed by atoms with Gasteiger partial charge in [0.05, 0.1) is 5.69 Å². The van der Waals surface area contributed by atoms with E-state index in [0.717, 1.165) is 0 Å². The molecule has 96 valence electrons. The Kier molecular flexibility index (Phi) is 4.13. The highest BCUT2D eigenvalue weighted by molar-refractivity contribution is 7.89. The molecule has 6 heteroatoms. The average Bonchev–Trinajstić information content (AvgIpc) is 2.26. The molecule has 1 rings (SSSR count). The van der Waals surface area contributed by atoms with Crippen LogP contribution in [0.3, 0.4) is 0 Å². The molecule has 17 heavy (non-hydrogen) atoms. The van der Waals surface area contributed by atoms with Gasteiger partial charge in [0.1, 0.15) is 4.90 Å². The summed E-state index contributed by atoms with van der Waals surface area (Å²) in [5.41, 5.74) is 2.65. The Hall–Kier alpha value is -1.11. The number of nitrogen functional groups attached to an aromatic ring is 1. The van der Waals surface area contributed by atoms with Crippen LogP contribution >= 0.6 is 0 Å². The van der Waals surface area contributed by atoms with Crippen molar-refractivity contribution < 1.29 is 8.42 Å². The van der Waals surface area contributed by atoms with E-state index in [-0.39, 0.29) is 10.3 Å². The predicted molar refractivity (Wildman–Crippen MR) is 68.9 cm³/mol. The topological polar surface area (TPSA) is 84.2 Å². The first-order valence-electron chi connectivity index (χ1n) is 5.31. The standard InChI is InChI=1S/C11H19N3O2S/c1-11(2,3)8-13-17(15,16)10-7-5-4-6-9(10)14-12/h4-7,13-14H,8,12H2,1-3H3. The van der Waals surface area contributed by atoms with Crippen LogP contribution in [0.1, 0.15) is 20.8 Å². The maximum atomic E-state index is 12.1. The van der Waals surface area contributed by atoms with Gasteiger partial charge in [0.2, 0.25) is 10.0 Å². The van der Waals surface area contributed by atoms with Crippen molar-refractivity contribution in [3.8, 4) is 0 Å². The van der Waals surface area contributed by atoms with Gasteiger partial charge < -0.3 is 5.43 Å². The molecule has 5 nitrogen and oxygen atoms in total. The van der Waals surface area contributed by atoms with Gasteiger partial charge in [-0.05, 0) is 17.5 Å². The molecule has 0 aliphatic heterocycles. The highest BCUT2D eigenvalue weighted by atomic mass is 32.2. The molecule has 0 saturated heterocycles. The molecule has 1 aromatic rings. The maximum absolute atomic E-state index is 12.1. The summed E-state index contributed by atoms with van der Waals surface area (Å²) in [5, 5.41) is 0. The molecule has 0 unspecified atom stereocenters. The van der Waals surface area contributed by atoms with Crippen molar-refractivity contribution in [1.29, 1.82) is 0 Å². The molecule has 0 aromatic heterocycles. The van der Waals surface area contributed by atoms with Crippen LogP contribution in [-0.4, -0.2) is 15.0 Å². The first-order chi connectivity index (χ1) is 7.76. The van der Waals surface area contributed by atoms with Crippen molar-refractivity contribution >= 4 is 15.7 Å². The van der Waals surface area contributed by atoms with Crippen LogP contribution in [0, 0.1) is 5.41 Å². The highest BCUT2D eigenvalue weighted by Crippen LogP contribution is 2.20. The Morgan fingerprint density at radius 2 is 1.82 bits per heavy atom. The summed E-state index contributed by atoms with van der Waals surface area (Å²) in [6, 6.07) is 6.51. The molecular formula is C11H19N3O2S. The number of benzene rings is 1. The quantitative estimate of drug-likeness (QED) is 0.560. The Morgan fingerprint density at radius 1 is 1.24 bits per heavy atom. The minimum atomic E-state index is -3.53. The summed E-state index contributed by atoms with van der Waals surface area (Å²) >= 11 is 0. The summed E-state index contributed by atoms with van der Waals surface area (Å²) < 4.78 is 26.7. The van der Waals surface area contributed by atoms with Crippen molar-refractivity contribution in [2.24, 2.45) is 11.3 Å². The maximum Gasteiger partial charge on any atom is 0.242 e. The number of anilines is 1. The van der Waals surface area contributed by atoms with E-state index in [2.05, 4.69) is 10.1 Å². The SMILES string of the molecule is CC(C)(C)CNS(=O)(=O)c1ccccc1NN. The summed E-state index contributed by atoms with van der Waals surface area (Å²) in [7, 11) is -3.53. The lowest BCUT2D eigenvalue weighted by Gasteiger charge is -2.19. The zero-order valence-corrected chi connectivity index (χ0v) is 11.1. The Labute approximate surface area is 102 Å². The molecule has 4 N–H and O–H groups in total. The number of hydrazine groups is 1. The lowest BCUT2D eigenvalue weighted by molar-refractivity contribution is 0.407. The van der Waals surface area contributed by atoms with Crippen molar-refractivity contribution in [1.82, 2.24) is 4.72 Å². The number of rotatable bonds is 4. The molecule has 0 atom stereocenters. The number of hydrogen-bond acceptors (Lipinski definition) is 4. The van der Waals surface area contributed by atoms with Gasteiger partial charge in [-0.15, -0.1) is 0 Å². The highest BCUT2D eigenvalue weighted by Gasteiger charge is 2.20. The fourth-order valence-electron chi connectivity index (χ4n) is 1.21. The molecule has 0 radical (unpaired) electrons. The Balaban J connectivity index is 2.98. The van der Waals surface area contributed by atoms with E-state index in [1.165, 1.54) is 6.07 Å².